The van der Waals surface area contributed by atoms with Gasteiger partial charge in [0.05, 0.1) is 11.3 Å². The number of halogens is 7. The van der Waals surface area contributed by atoms with E-state index in [1.807, 2.05) is 0 Å². The molecule has 0 spiro atoms. The Morgan fingerprint density at radius 3 is 2.17 bits per heavy atom. The van der Waals surface area contributed by atoms with Gasteiger partial charge in [-0.3, -0.25) is 5.43 Å². The Kier molecular flexibility index (Phi) is 4.76. The van der Waals surface area contributed by atoms with E-state index < -0.39 is 41.0 Å². The van der Waals surface area contributed by atoms with E-state index in [1.165, 1.54) is 13.0 Å². The molecule has 0 aliphatic heterocycles. The third-order valence-electron chi connectivity index (χ3n) is 2.94. The lowest BCUT2D eigenvalue weighted by Crippen LogP contribution is -2.09. The third kappa shape index (κ3) is 3.63. The minimum atomic E-state index is -4.58. The van der Waals surface area contributed by atoms with Crippen molar-refractivity contribution in [2.75, 3.05) is 5.43 Å². The summed E-state index contributed by atoms with van der Waals surface area (Å²) in [6.07, 6.45) is -4.58. The highest BCUT2D eigenvalue weighted by atomic mass is 19.4. The molecule has 0 amide bonds. The maximum Gasteiger partial charge on any atom is 0.416 e. The molecule has 2 aromatic rings. The molecule has 0 fully saturated rings. The van der Waals surface area contributed by atoms with E-state index in [4.69, 9.17) is 0 Å². The van der Waals surface area contributed by atoms with Crippen LogP contribution in [0, 0.1) is 23.5 Å². The van der Waals surface area contributed by atoms with Crippen LogP contribution in [-0.4, -0.2) is 10.7 Å². The summed E-state index contributed by atoms with van der Waals surface area (Å²) in [5, 5.41) is 3.45. The van der Waals surface area contributed by atoms with E-state index in [9.17, 15) is 30.7 Å². The number of benzene rings is 1. The van der Waals surface area contributed by atoms with Crippen LogP contribution < -0.4 is 5.43 Å². The first-order valence-corrected chi connectivity index (χ1v) is 6.29. The standard InChI is InChI=1S/C14H8F7N3/c1-6(7-3-2-4-8(5-7)14(19,20)21)23-24-11-9(15)12(17)22-13(18)10(11)16/h2-5H,1H3,(H,22,24)/b23-6+. The predicted molar refractivity (Wildman–Crippen MR) is 71.3 cm³/mol. The summed E-state index contributed by atoms with van der Waals surface area (Å²) in [5.74, 6) is -7.39. The van der Waals surface area contributed by atoms with E-state index in [-0.39, 0.29) is 11.3 Å². The van der Waals surface area contributed by atoms with Crippen LogP contribution in [-0.2, 0) is 6.18 Å². The lowest BCUT2D eigenvalue weighted by molar-refractivity contribution is -0.137. The maximum atomic E-state index is 13.4. The fourth-order valence-corrected chi connectivity index (χ4v) is 1.71. The van der Waals surface area contributed by atoms with Gasteiger partial charge in [0.25, 0.3) is 11.9 Å². The van der Waals surface area contributed by atoms with Crippen LogP contribution in [0.2, 0.25) is 0 Å². The number of nitrogens with one attached hydrogen (secondary N) is 1. The average molecular weight is 351 g/mol. The molecule has 1 aromatic heterocycles. The molecule has 1 N–H and O–H groups in total. The van der Waals surface area contributed by atoms with Gasteiger partial charge < -0.3 is 0 Å². The number of aromatic nitrogens is 1. The topological polar surface area (TPSA) is 37.3 Å². The van der Waals surface area contributed by atoms with Gasteiger partial charge in [-0.15, -0.1) is 0 Å². The minimum absolute atomic E-state index is 0.00635. The van der Waals surface area contributed by atoms with Crippen LogP contribution in [0.1, 0.15) is 18.1 Å². The van der Waals surface area contributed by atoms with Crippen molar-refractivity contribution >= 4 is 11.4 Å². The highest BCUT2D eigenvalue weighted by Crippen LogP contribution is 2.29. The van der Waals surface area contributed by atoms with Gasteiger partial charge in [0.1, 0.15) is 5.69 Å². The molecule has 1 heterocycles. The number of pyridine rings is 1. The van der Waals surface area contributed by atoms with Crippen molar-refractivity contribution < 1.29 is 30.7 Å². The van der Waals surface area contributed by atoms with Crippen LogP contribution in [0.3, 0.4) is 0 Å². The van der Waals surface area contributed by atoms with Gasteiger partial charge in [-0.1, -0.05) is 12.1 Å². The lowest BCUT2D eigenvalue weighted by Gasteiger charge is -2.09. The molecule has 0 saturated heterocycles. The zero-order chi connectivity index (χ0) is 18.1. The number of hydrogen-bond acceptors (Lipinski definition) is 3. The van der Waals surface area contributed by atoms with E-state index >= 15 is 0 Å². The van der Waals surface area contributed by atoms with Crippen molar-refractivity contribution in [3.8, 4) is 0 Å². The summed E-state index contributed by atoms with van der Waals surface area (Å²) in [6.45, 7) is 1.24. The smallest absolute Gasteiger partial charge is 0.272 e. The van der Waals surface area contributed by atoms with E-state index in [1.54, 1.807) is 5.43 Å². The van der Waals surface area contributed by atoms with Crippen LogP contribution in [0.5, 0.6) is 0 Å². The SMILES string of the molecule is C/C(=N\Nc1c(F)c(F)nc(F)c1F)c1cccc(C(F)(F)F)c1. The molecule has 2 rings (SSSR count). The summed E-state index contributed by atoms with van der Waals surface area (Å²) >= 11 is 0. The molecule has 0 saturated carbocycles. The van der Waals surface area contributed by atoms with Crippen LogP contribution in [0.15, 0.2) is 29.4 Å². The number of anilines is 1. The molecular weight excluding hydrogens is 343 g/mol. The van der Waals surface area contributed by atoms with Gasteiger partial charge in [-0.25, -0.2) is 0 Å². The second-order valence-corrected chi connectivity index (χ2v) is 4.58. The van der Waals surface area contributed by atoms with E-state index in [0.717, 1.165) is 18.2 Å². The van der Waals surface area contributed by atoms with Crippen molar-refractivity contribution in [3.05, 3.63) is 58.9 Å². The number of alkyl halides is 3. The molecule has 0 unspecified atom stereocenters. The van der Waals surface area contributed by atoms with E-state index in [0.29, 0.717) is 0 Å². The average Bonchev–Trinajstić information content (AvgIpc) is 2.52. The molecule has 128 valence electrons. The fraction of sp³-hybridized carbons (Fsp3) is 0.143. The quantitative estimate of drug-likeness (QED) is 0.383. The van der Waals surface area contributed by atoms with Crippen molar-refractivity contribution in [3.63, 3.8) is 0 Å². The highest BCUT2D eigenvalue weighted by molar-refractivity contribution is 5.99. The van der Waals surface area contributed by atoms with E-state index in [2.05, 4.69) is 10.1 Å². The van der Waals surface area contributed by atoms with Gasteiger partial charge in [0, 0.05) is 0 Å². The van der Waals surface area contributed by atoms with Crippen molar-refractivity contribution in [1.29, 1.82) is 0 Å². The summed E-state index contributed by atoms with van der Waals surface area (Å²) in [6, 6.07) is 3.98. The Bertz CT molecular complexity index is 773. The van der Waals surface area contributed by atoms with Gasteiger partial charge in [0.15, 0.2) is 0 Å². The zero-order valence-electron chi connectivity index (χ0n) is 11.8. The predicted octanol–water partition coefficient (Wildman–Crippen LogP) is 4.49. The Hall–Kier alpha value is -2.65. The molecule has 24 heavy (non-hydrogen) atoms. The number of hydrazone groups is 1. The van der Waals surface area contributed by atoms with Crippen LogP contribution >= 0.6 is 0 Å². The van der Waals surface area contributed by atoms with Crippen molar-refractivity contribution in [2.24, 2.45) is 5.10 Å². The zero-order valence-corrected chi connectivity index (χ0v) is 11.8. The van der Waals surface area contributed by atoms with Crippen LogP contribution in [0.25, 0.3) is 0 Å². The normalized spacial score (nSPS) is 12.4. The molecule has 0 aliphatic rings. The third-order valence-corrected chi connectivity index (χ3v) is 2.94. The molecule has 0 aliphatic carbocycles. The second kappa shape index (κ2) is 6.46. The van der Waals surface area contributed by atoms with Crippen molar-refractivity contribution in [1.82, 2.24) is 4.98 Å². The number of hydrogen-bond donors (Lipinski definition) is 1. The largest absolute Gasteiger partial charge is 0.416 e. The Morgan fingerprint density at radius 2 is 1.62 bits per heavy atom. The van der Waals surface area contributed by atoms with Crippen molar-refractivity contribution in [2.45, 2.75) is 13.1 Å². The molecule has 10 heteroatoms. The first kappa shape index (κ1) is 17.7. The Balaban J connectivity index is 2.34. The molecule has 3 nitrogen and oxygen atoms in total. The van der Waals surface area contributed by atoms with Gasteiger partial charge in [-0.05, 0) is 24.6 Å². The molecule has 0 atom stereocenters. The summed E-state index contributed by atoms with van der Waals surface area (Å²) in [7, 11) is 0. The first-order valence-electron chi connectivity index (χ1n) is 6.29. The second-order valence-electron chi connectivity index (χ2n) is 4.58. The lowest BCUT2D eigenvalue weighted by atomic mass is 10.1. The molecule has 1 aromatic carbocycles. The molecule has 0 bridgehead atoms. The molecule has 0 radical (unpaired) electrons. The maximum absolute atomic E-state index is 13.4. The first-order chi connectivity index (χ1) is 11.1. The fourth-order valence-electron chi connectivity index (χ4n) is 1.71. The number of rotatable bonds is 3. The Morgan fingerprint density at radius 1 is 1.04 bits per heavy atom. The molecular formula is C14H8F7N3. The summed E-state index contributed by atoms with van der Waals surface area (Å²) in [4.78, 5) is 2.36. The summed E-state index contributed by atoms with van der Waals surface area (Å²) in [5.41, 5.74) is -0.545. The number of nitrogens with zero attached hydrogens (tertiary/aromatic N) is 2. The van der Waals surface area contributed by atoms with Crippen LogP contribution in [0.4, 0.5) is 36.4 Å². The van der Waals surface area contributed by atoms with Gasteiger partial charge in [-0.2, -0.15) is 40.8 Å². The Labute approximate surface area is 130 Å². The van der Waals surface area contributed by atoms with Gasteiger partial charge in [0.2, 0.25) is 11.6 Å². The monoisotopic (exact) mass is 351 g/mol. The van der Waals surface area contributed by atoms with Gasteiger partial charge >= 0.3 is 6.18 Å². The highest BCUT2D eigenvalue weighted by Gasteiger charge is 2.30. The minimum Gasteiger partial charge on any atom is -0.272 e. The summed E-state index contributed by atoms with van der Waals surface area (Å²) < 4.78 is 90.6.